The second kappa shape index (κ2) is 2.48. The Morgan fingerprint density at radius 2 is 2.27 bits per heavy atom. The van der Waals surface area contributed by atoms with E-state index in [1.807, 2.05) is 0 Å². The molecule has 0 unspecified atom stereocenters. The SMILES string of the molecule is O=C1NCCOCC12CCC2. The quantitative estimate of drug-likeness (QED) is 0.546. The van der Waals surface area contributed by atoms with E-state index in [1.165, 1.54) is 6.42 Å². The summed E-state index contributed by atoms with van der Waals surface area (Å²) in [5, 5.41) is 2.87. The molecule has 11 heavy (non-hydrogen) atoms. The van der Waals surface area contributed by atoms with Crippen molar-refractivity contribution >= 4 is 5.91 Å². The van der Waals surface area contributed by atoms with Crippen LogP contribution in [0.15, 0.2) is 0 Å². The number of hydrogen-bond acceptors (Lipinski definition) is 2. The lowest BCUT2D eigenvalue weighted by Gasteiger charge is -2.38. The summed E-state index contributed by atoms with van der Waals surface area (Å²) in [4.78, 5) is 11.4. The summed E-state index contributed by atoms with van der Waals surface area (Å²) in [6.07, 6.45) is 3.20. The maximum Gasteiger partial charge on any atom is 0.228 e. The van der Waals surface area contributed by atoms with Crippen molar-refractivity contribution in [1.82, 2.24) is 5.32 Å². The molecule has 1 heterocycles. The summed E-state index contributed by atoms with van der Waals surface area (Å²) in [6.45, 7) is 1.99. The van der Waals surface area contributed by atoms with E-state index in [-0.39, 0.29) is 11.3 Å². The standard InChI is InChI=1S/C8H13NO2/c10-7-8(2-1-3-8)6-11-5-4-9-7/h1-6H2,(H,9,10). The van der Waals surface area contributed by atoms with Crippen LogP contribution in [-0.4, -0.2) is 25.7 Å². The van der Waals surface area contributed by atoms with Crippen LogP contribution in [0.1, 0.15) is 19.3 Å². The van der Waals surface area contributed by atoms with Crippen LogP contribution >= 0.6 is 0 Å². The second-order valence-electron chi connectivity index (χ2n) is 3.44. The van der Waals surface area contributed by atoms with Crippen LogP contribution in [0.3, 0.4) is 0 Å². The fourth-order valence-corrected chi connectivity index (χ4v) is 1.73. The van der Waals surface area contributed by atoms with Gasteiger partial charge in [-0.05, 0) is 12.8 Å². The van der Waals surface area contributed by atoms with Crippen LogP contribution < -0.4 is 5.32 Å². The molecule has 1 N–H and O–H groups in total. The lowest BCUT2D eigenvalue weighted by molar-refractivity contribution is -0.138. The van der Waals surface area contributed by atoms with Crippen LogP contribution in [0.2, 0.25) is 0 Å². The molecule has 2 rings (SSSR count). The van der Waals surface area contributed by atoms with E-state index in [4.69, 9.17) is 4.74 Å². The highest BCUT2D eigenvalue weighted by Crippen LogP contribution is 2.41. The summed E-state index contributed by atoms with van der Waals surface area (Å²) in [6, 6.07) is 0. The summed E-state index contributed by atoms with van der Waals surface area (Å²) < 4.78 is 5.34. The third-order valence-corrected chi connectivity index (χ3v) is 2.70. The van der Waals surface area contributed by atoms with Crippen LogP contribution in [0.5, 0.6) is 0 Å². The van der Waals surface area contributed by atoms with Gasteiger partial charge in [-0.25, -0.2) is 0 Å². The van der Waals surface area contributed by atoms with Gasteiger partial charge >= 0.3 is 0 Å². The number of rotatable bonds is 0. The first kappa shape index (κ1) is 7.10. The maximum atomic E-state index is 11.4. The third kappa shape index (κ3) is 1.03. The average Bonchev–Trinajstić information content (AvgIpc) is 2.09. The molecular weight excluding hydrogens is 142 g/mol. The van der Waals surface area contributed by atoms with Crippen molar-refractivity contribution in [1.29, 1.82) is 0 Å². The van der Waals surface area contributed by atoms with Crippen molar-refractivity contribution < 1.29 is 9.53 Å². The minimum atomic E-state index is -0.128. The highest BCUT2D eigenvalue weighted by molar-refractivity contribution is 5.83. The molecule has 0 radical (unpaired) electrons. The van der Waals surface area contributed by atoms with Crippen LogP contribution in [0, 0.1) is 5.41 Å². The molecule has 1 spiro atoms. The molecule has 0 bridgehead atoms. The molecule has 0 atom stereocenters. The molecule has 0 aromatic rings. The zero-order chi connectivity index (χ0) is 7.73. The predicted octanol–water partition coefficient (Wildman–Crippen LogP) is 0.303. The monoisotopic (exact) mass is 155 g/mol. The van der Waals surface area contributed by atoms with Crippen molar-refractivity contribution in [3.63, 3.8) is 0 Å². The van der Waals surface area contributed by atoms with Gasteiger partial charge in [0.05, 0.1) is 18.6 Å². The predicted molar refractivity (Wildman–Crippen MR) is 40.1 cm³/mol. The lowest BCUT2D eigenvalue weighted by atomic mass is 9.69. The van der Waals surface area contributed by atoms with Crippen molar-refractivity contribution in [2.75, 3.05) is 19.8 Å². The summed E-state index contributed by atoms with van der Waals surface area (Å²) in [7, 11) is 0. The van der Waals surface area contributed by atoms with E-state index in [1.54, 1.807) is 0 Å². The number of carbonyl (C=O) groups is 1. The Hall–Kier alpha value is -0.570. The van der Waals surface area contributed by atoms with Crippen LogP contribution in [0.25, 0.3) is 0 Å². The van der Waals surface area contributed by atoms with Crippen LogP contribution in [-0.2, 0) is 9.53 Å². The minimum Gasteiger partial charge on any atom is -0.379 e. The zero-order valence-electron chi connectivity index (χ0n) is 6.56. The topological polar surface area (TPSA) is 38.3 Å². The van der Waals surface area contributed by atoms with Gasteiger partial charge in [-0.15, -0.1) is 0 Å². The van der Waals surface area contributed by atoms with Crippen molar-refractivity contribution in [3.05, 3.63) is 0 Å². The Bertz CT molecular complexity index is 175. The highest BCUT2D eigenvalue weighted by Gasteiger charge is 2.45. The molecule has 2 fully saturated rings. The summed E-state index contributed by atoms with van der Waals surface area (Å²) >= 11 is 0. The fourth-order valence-electron chi connectivity index (χ4n) is 1.73. The number of ether oxygens (including phenoxy) is 1. The molecule has 1 aliphatic heterocycles. The Labute approximate surface area is 66.1 Å². The Morgan fingerprint density at radius 1 is 1.45 bits per heavy atom. The van der Waals surface area contributed by atoms with Gasteiger partial charge in [0.2, 0.25) is 5.91 Å². The molecule has 3 nitrogen and oxygen atoms in total. The van der Waals surface area contributed by atoms with Gasteiger partial charge < -0.3 is 10.1 Å². The number of carbonyl (C=O) groups excluding carboxylic acids is 1. The molecule has 1 saturated heterocycles. The van der Waals surface area contributed by atoms with Crippen LogP contribution in [0.4, 0.5) is 0 Å². The Kier molecular flexibility index (Phi) is 1.60. The molecule has 62 valence electrons. The van der Waals surface area contributed by atoms with Crippen molar-refractivity contribution in [3.8, 4) is 0 Å². The number of nitrogens with one attached hydrogen (secondary N) is 1. The molecule has 3 heteroatoms. The smallest absolute Gasteiger partial charge is 0.228 e. The molecule has 0 aromatic carbocycles. The first-order chi connectivity index (χ1) is 5.33. The largest absolute Gasteiger partial charge is 0.379 e. The van der Waals surface area contributed by atoms with E-state index < -0.39 is 0 Å². The van der Waals surface area contributed by atoms with Gasteiger partial charge in [0.1, 0.15) is 0 Å². The van der Waals surface area contributed by atoms with Crippen molar-refractivity contribution in [2.24, 2.45) is 5.41 Å². The highest BCUT2D eigenvalue weighted by atomic mass is 16.5. The van der Waals surface area contributed by atoms with Gasteiger partial charge in [-0.1, -0.05) is 6.42 Å². The van der Waals surface area contributed by atoms with Gasteiger partial charge in [-0.3, -0.25) is 4.79 Å². The van der Waals surface area contributed by atoms with Crippen molar-refractivity contribution in [2.45, 2.75) is 19.3 Å². The maximum absolute atomic E-state index is 11.4. The molecule has 0 aromatic heterocycles. The van der Waals surface area contributed by atoms with E-state index in [2.05, 4.69) is 5.32 Å². The van der Waals surface area contributed by atoms with Gasteiger partial charge in [0.15, 0.2) is 0 Å². The van der Waals surface area contributed by atoms with E-state index >= 15 is 0 Å². The van der Waals surface area contributed by atoms with E-state index in [9.17, 15) is 4.79 Å². The summed E-state index contributed by atoms with van der Waals surface area (Å²) in [5.41, 5.74) is -0.128. The lowest BCUT2D eigenvalue weighted by Crippen LogP contribution is -2.46. The average molecular weight is 155 g/mol. The molecular formula is C8H13NO2. The number of amides is 1. The molecule has 1 amide bonds. The van der Waals surface area contributed by atoms with Gasteiger partial charge in [0, 0.05) is 6.54 Å². The minimum absolute atomic E-state index is 0.128. The van der Waals surface area contributed by atoms with Gasteiger partial charge in [0.25, 0.3) is 0 Å². The first-order valence-corrected chi connectivity index (χ1v) is 4.20. The second-order valence-corrected chi connectivity index (χ2v) is 3.44. The van der Waals surface area contributed by atoms with Gasteiger partial charge in [-0.2, -0.15) is 0 Å². The Morgan fingerprint density at radius 3 is 2.91 bits per heavy atom. The fraction of sp³-hybridized carbons (Fsp3) is 0.875. The molecule has 2 aliphatic rings. The number of hydrogen-bond donors (Lipinski definition) is 1. The summed E-state index contributed by atoms with van der Waals surface area (Å²) in [5.74, 6) is 0.209. The Balaban J connectivity index is 2.09. The molecule has 1 aliphatic carbocycles. The van der Waals surface area contributed by atoms with E-state index in [0.717, 1.165) is 12.8 Å². The normalized spacial score (nSPS) is 28.9. The first-order valence-electron chi connectivity index (χ1n) is 4.20. The zero-order valence-corrected chi connectivity index (χ0v) is 6.56. The third-order valence-electron chi connectivity index (χ3n) is 2.70. The molecule has 1 saturated carbocycles. The van der Waals surface area contributed by atoms with E-state index in [0.29, 0.717) is 19.8 Å².